The molecule has 4 heteroatoms. The molecule has 2 heterocycles. The number of aromatic amines is 1. The Morgan fingerprint density at radius 1 is 1.05 bits per heavy atom. The topological polar surface area (TPSA) is 53.6 Å². The molecular formula is C17H24N4. The normalized spacial score (nSPS) is 17.1. The summed E-state index contributed by atoms with van der Waals surface area (Å²) >= 11 is 0. The van der Waals surface area contributed by atoms with Crippen LogP contribution in [0, 0.1) is 0 Å². The minimum absolute atomic E-state index is 0.178. The van der Waals surface area contributed by atoms with Crippen LogP contribution in [0.4, 0.5) is 0 Å². The summed E-state index contributed by atoms with van der Waals surface area (Å²) in [6.45, 7) is 8.82. The molecule has 112 valence electrons. The SMILES string of the molecule is CC(C)(C)c1ccc(-c2n[nH]c(C3CCNCC3)n2)cc1. The third-order valence-corrected chi connectivity index (χ3v) is 4.24. The highest BCUT2D eigenvalue weighted by molar-refractivity contribution is 5.55. The van der Waals surface area contributed by atoms with E-state index in [0.29, 0.717) is 5.92 Å². The van der Waals surface area contributed by atoms with Crippen molar-refractivity contribution < 1.29 is 0 Å². The standard InChI is InChI=1S/C17H24N4/c1-17(2,3)14-6-4-12(5-7-14)15-19-16(21-20-15)13-8-10-18-11-9-13/h4-7,13,18H,8-11H2,1-3H3,(H,19,20,21). The van der Waals surface area contributed by atoms with Crippen molar-refractivity contribution in [3.8, 4) is 11.4 Å². The Morgan fingerprint density at radius 2 is 1.71 bits per heavy atom. The molecule has 21 heavy (non-hydrogen) atoms. The molecule has 1 saturated heterocycles. The van der Waals surface area contributed by atoms with Gasteiger partial charge >= 0.3 is 0 Å². The van der Waals surface area contributed by atoms with Crippen LogP contribution in [0.5, 0.6) is 0 Å². The van der Waals surface area contributed by atoms with E-state index in [1.165, 1.54) is 5.56 Å². The first-order valence-corrected chi connectivity index (χ1v) is 7.78. The van der Waals surface area contributed by atoms with Gasteiger partial charge in [-0.1, -0.05) is 45.0 Å². The largest absolute Gasteiger partial charge is 0.317 e. The Bertz CT molecular complexity index is 586. The van der Waals surface area contributed by atoms with Crippen molar-refractivity contribution in [1.82, 2.24) is 20.5 Å². The highest BCUT2D eigenvalue weighted by Crippen LogP contribution is 2.26. The summed E-state index contributed by atoms with van der Waals surface area (Å²) in [6, 6.07) is 8.59. The molecule has 4 nitrogen and oxygen atoms in total. The van der Waals surface area contributed by atoms with E-state index in [-0.39, 0.29) is 5.41 Å². The van der Waals surface area contributed by atoms with E-state index in [1.54, 1.807) is 0 Å². The molecule has 1 aromatic carbocycles. The van der Waals surface area contributed by atoms with E-state index in [4.69, 9.17) is 4.98 Å². The molecule has 3 rings (SSSR count). The van der Waals surface area contributed by atoms with Gasteiger partial charge in [-0.3, -0.25) is 5.10 Å². The molecule has 2 N–H and O–H groups in total. The zero-order valence-corrected chi connectivity index (χ0v) is 13.1. The number of hydrogen-bond acceptors (Lipinski definition) is 3. The first-order valence-electron chi connectivity index (χ1n) is 7.78. The third kappa shape index (κ3) is 3.16. The summed E-state index contributed by atoms with van der Waals surface area (Å²) in [6.07, 6.45) is 2.27. The number of aromatic nitrogens is 3. The Kier molecular flexibility index (Phi) is 3.81. The molecule has 0 saturated carbocycles. The lowest BCUT2D eigenvalue weighted by Crippen LogP contribution is -2.27. The predicted octanol–water partition coefficient (Wildman–Crippen LogP) is 3.24. The maximum atomic E-state index is 4.70. The summed E-state index contributed by atoms with van der Waals surface area (Å²) in [5, 5.41) is 10.9. The van der Waals surface area contributed by atoms with Gasteiger partial charge in [0.2, 0.25) is 0 Å². The first kappa shape index (κ1) is 14.3. The molecular weight excluding hydrogens is 260 g/mol. The van der Waals surface area contributed by atoms with Crippen molar-refractivity contribution in [1.29, 1.82) is 0 Å². The van der Waals surface area contributed by atoms with E-state index in [1.807, 2.05) is 0 Å². The number of nitrogens with one attached hydrogen (secondary N) is 2. The molecule has 0 aliphatic carbocycles. The number of rotatable bonds is 2. The molecule has 0 bridgehead atoms. The van der Waals surface area contributed by atoms with Crippen LogP contribution in [-0.4, -0.2) is 28.3 Å². The quantitative estimate of drug-likeness (QED) is 0.890. The van der Waals surface area contributed by atoms with Gasteiger partial charge in [0.1, 0.15) is 5.82 Å². The lowest BCUT2D eigenvalue weighted by atomic mass is 9.87. The third-order valence-electron chi connectivity index (χ3n) is 4.24. The Balaban J connectivity index is 1.79. The molecule has 1 aliphatic heterocycles. The molecule has 0 amide bonds. The molecule has 0 radical (unpaired) electrons. The van der Waals surface area contributed by atoms with Gasteiger partial charge in [0.15, 0.2) is 5.82 Å². The van der Waals surface area contributed by atoms with E-state index < -0.39 is 0 Å². The second-order valence-corrected chi connectivity index (χ2v) is 6.90. The number of nitrogens with zero attached hydrogens (tertiary/aromatic N) is 2. The van der Waals surface area contributed by atoms with Crippen LogP contribution < -0.4 is 5.32 Å². The summed E-state index contributed by atoms with van der Waals surface area (Å²) in [7, 11) is 0. The van der Waals surface area contributed by atoms with Crippen LogP contribution in [0.15, 0.2) is 24.3 Å². The van der Waals surface area contributed by atoms with E-state index >= 15 is 0 Å². The molecule has 0 atom stereocenters. The Labute approximate surface area is 126 Å². The average molecular weight is 284 g/mol. The molecule has 1 aliphatic rings. The maximum absolute atomic E-state index is 4.70. The second-order valence-electron chi connectivity index (χ2n) is 6.90. The summed E-state index contributed by atoms with van der Waals surface area (Å²) < 4.78 is 0. The van der Waals surface area contributed by atoms with Crippen molar-refractivity contribution in [2.75, 3.05) is 13.1 Å². The highest BCUT2D eigenvalue weighted by atomic mass is 15.2. The van der Waals surface area contributed by atoms with Gasteiger partial charge in [0, 0.05) is 11.5 Å². The fourth-order valence-corrected chi connectivity index (χ4v) is 2.80. The minimum Gasteiger partial charge on any atom is -0.317 e. The van der Waals surface area contributed by atoms with Gasteiger partial charge in [0.25, 0.3) is 0 Å². The first-order chi connectivity index (χ1) is 10.0. The van der Waals surface area contributed by atoms with Crippen molar-refractivity contribution in [2.24, 2.45) is 0 Å². The van der Waals surface area contributed by atoms with Crippen LogP contribution in [0.1, 0.15) is 50.9 Å². The Hall–Kier alpha value is -1.68. The number of hydrogen-bond donors (Lipinski definition) is 2. The summed E-state index contributed by atoms with van der Waals surface area (Å²) in [5.41, 5.74) is 2.59. The summed E-state index contributed by atoms with van der Waals surface area (Å²) in [5.74, 6) is 2.36. The van der Waals surface area contributed by atoms with Gasteiger partial charge in [-0.15, -0.1) is 0 Å². The Morgan fingerprint density at radius 3 is 2.33 bits per heavy atom. The van der Waals surface area contributed by atoms with Crippen molar-refractivity contribution in [3.63, 3.8) is 0 Å². The molecule has 2 aromatic rings. The predicted molar refractivity (Wildman–Crippen MR) is 85.4 cm³/mol. The lowest BCUT2D eigenvalue weighted by Gasteiger charge is -2.20. The van der Waals surface area contributed by atoms with Crippen molar-refractivity contribution in [3.05, 3.63) is 35.7 Å². The van der Waals surface area contributed by atoms with Gasteiger partial charge in [-0.25, -0.2) is 4.98 Å². The smallest absolute Gasteiger partial charge is 0.181 e. The fraction of sp³-hybridized carbons (Fsp3) is 0.529. The van der Waals surface area contributed by atoms with Gasteiger partial charge in [0.05, 0.1) is 0 Å². The lowest BCUT2D eigenvalue weighted by molar-refractivity contribution is 0.446. The zero-order valence-electron chi connectivity index (χ0n) is 13.1. The van der Waals surface area contributed by atoms with Crippen LogP contribution in [-0.2, 0) is 5.41 Å². The molecule has 1 fully saturated rings. The van der Waals surface area contributed by atoms with Gasteiger partial charge in [-0.2, -0.15) is 5.10 Å². The molecule has 1 aromatic heterocycles. The van der Waals surface area contributed by atoms with E-state index in [2.05, 4.69) is 60.6 Å². The monoisotopic (exact) mass is 284 g/mol. The van der Waals surface area contributed by atoms with E-state index in [0.717, 1.165) is 43.1 Å². The van der Waals surface area contributed by atoms with Crippen LogP contribution in [0.25, 0.3) is 11.4 Å². The summed E-state index contributed by atoms with van der Waals surface area (Å²) in [4.78, 5) is 4.70. The van der Waals surface area contributed by atoms with Crippen LogP contribution in [0.2, 0.25) is 0 Å². The fourth-order valence-electron chi connectivity index (χ4n) is 2.80. The number of piperidine rings is 1. The molecule has 0 unspecified atom stereocenters. The maximum Gasteiger partial charge on any atom is 0.181 e. The molecule has 0 spiro atoms. The van der Waals surface area contributed by atoms with Crippen LogP contribution in [0.3, 0.4) is 0 Å². The van der Waals surface area contributed by atoms with Crippen molar-refractivity contribution >= 4 is 0 Å². The number of H-pyrrole nitrogens is 1. The van der Waals surface area contributed by atoms with Crippen LogP contribution >= 0.6 is 0 Å². The van der Waals surface area contributed by atoms with Gasteiger partial charge in [-0.05, 0) is 36.9 Å². The second kappa shape index (κ2) is 5.60. The number of benzene rings is 1. The highest BCUT2D eigenvalue weighted by Gasteiger charge is 2.19. The zero-order chi connectivity index (χ0) is 14.9. The van der Waals surface area contributed by atoms with E-state index in [9.17, 15) is 0 Å². The van der Waals surface area contributed by atoms with Crippen molar-refractivity contribution in [2.45, 2.75) is 44.9 Å². The van der Waals surface area contributed by atoms with Gasteiger partial charge < -0.3 is 5.32 Å². The minimum atomic E-state index is 0.178. The average Bonchev–Trinajstić information content (AvgIpc) is 2.97.